The Morgan fingerprint density at radius 2 is 1.81 bits per heavy atom. The third-order valence-corrected chi connectivity index (χ3v) is 3.32. The first-order valence-corrected chi connectivity index (χ1v) is 6.74. The molecule has 0 atom stereocenters. The minimum absolute atomic E-state index is 0.237. The van der Waals surface area contributed by atoms with Crippen molar-refractivity contribution in [2.45, 2.75) is 0 Å². The molecule has 0 bridgehead atoms. The Balaban J connectivity index is 2.18. The second kappa shape index (κ2) is 5.42. The summed E-state index contributed by atoms with van der Waals surface area (Å²) in [6.07, 6.45) is 0. The van der Waals surface area contributed by atoms with Gasteiger partial charge in [-0.3, -0.25) is 4.79 Å². The van der Waals surface area contributed by atoms with Crippen LogP contribution in [0.2, 0.25) is 5.02 Å². The summed E-state index contributed by atoms with van der Waals surface area (Å²) in [5.41, 5.74) is 8.23. The molecule has 0 fully saturated rings. The predicted molar refractivity (Wildman–Crippen MR) is 84.7 cm³/mol. The molecule has 3 rings (SSSR count). The Morgan fingerprint density at radius 3 is 2.57 bits per heavy atom. The van der Waals surface area contributed by atoms with Gasteiger partial charge in [-0.15, -0.1) is 0 Å². The number of halogens is 1. The maximum atomic E-state index is 12.0. The number of anilines is 1. The van der Waals surface area contributed by atoms with Crippen LogP contribution in [0, 0.1) is 0 Å². The van der Waals surface area contributed by atoms with E-state index >= 15 is 0 Å². The van der Waals surface area contributed by atoms with Gasteiger partial charge in [0, 0.05) is 16.7 Å². The predicted octanol–water partition coefficient (Wildman–Crippen LogP) is 3.14. The van der Waals surface area contributed by atoms with Gasteiger partial charge in [-0.05, 0) is 30.3 Å². The molecule has 0 unspecified atom stereocenters. The molecular weight excluding hydrogens is 286 g/mol. The van der Waals surface area contributed by atoms with Crippen LogP contribution < -0.4 is 11.3 Å². The topological polar surface area (TPSA) is 60.9 Å². The van der Waals surface area contributed by atoms with Crippen molar-refractivity contribution in [2.75, 3.05) is 5.73 Å². The van der Waals surface area contributed by atoms with Crippen molar-refractivity contribution in [1.82, 2.24) is 9.78 Å². The summed E-state index contributed by atoms with van der Waals surface area (Å²) in [7, 11) is 0. The number of nitrogens with zero attached hydrogens (tertiary/aromatic N) is 2. The largest absolute Gasteiger partial charge is 0.397 e. The minimum atomic E-state index is -0.237. The van der Waals surface area contributed by atoms with Gasteiger partial charge in [0.05, 0.1) is 17.1 Å². The molecule has 1 heterocycles. The van der Waals surface area contributed by atoms with Gasteiger partial charge in [0.15, 0.2) is 0 Å². The fraction of sp³-hybridized carbons (Fsp3) is 0. The Hall–Kier alpha value is -2.59. The molecule has 2 aromatic carbocycles. The zero-order valence-corrected chi connectivity index (χ0v) is 11.8. The lowest BCUT2D eigenvalue weighted by molar-refractivity contribution is 0.814. The van der Waals surface area contributed by atoms with Gasteiger partial charge in [0.2, 0.25) is 0 Å². The van der Waals surface area contributed by atoms with E-state index in [1.54, 1.807) is 30.3 Å². The molecule has 0 aliphatic carbocycles. The van der Waals surface area contributed by atoms with Gasteiger partial charge in [-0.2, -0.15) is 9.78 Å². The van der Waals surface area contributed by atoms with Gasteiger partial charge >= 0.3 is 0 Å². The lowest BCUT2D eigenvalue weighted by Gasteiger charge is -2.09. The van der Waals surface area contributed by atoms with Crippen LogP contribution in [-0.2, 0) is 0 Å². The molecule has 0 radical (unpaired) electrons. The van der Waals surface area contributed by atoms with Crippen molar-refractivity contribution in [3.8, 4) is 16.9 Å². The van der Waals surface area contributed by atoms with E-state index in [2.05, 4.69) is 5.10 Å². The van der Waals surface area contributed by atoms with Crippen LogP contribution in [0.4, 0.5) is 5.69 Å². The minimum Gasteiger partial charge on any atom is -0.397 e. The van der Waals surface area contributed by atoms with Gasteiger partial charge in [0.25, 0.3) is 5.56 Å². The summed E-state index contributed by atoms with van der Waals surface area (Å²) in [6, 6.07) is 17.6. The zero-order chi connectivity index (χ0) is 14.8. The summed E-state index contributed by atoms with van der Waals surface area (Å²) < 4.78 is 1.30. The van der Waals surface area contributed by atoms with Crippen LogP contribution in [0.25, 0.3) is 16.9 Å². The fourth-order valence-corrected chi connectivity index (χ4v) is 2.26. The maximum Gasteiger partial charge on any atom is 0.271 e. The van der Waals surface area contributed by atoms with Crippen LogP contribution in [0.5, 0.6) is 0 Å². The first-order valence-electron chi connectivity index (χ1n) is 6.36. The third kappa shape index (κ3) is 2.66. The van der Waals surface area contributed by atoms with E-state index in [1.807, 2.05) is 24.3 Å². The normalized spacial score (nSPS) is 10.5. The average molecular weight is 298 g/mol. The first-order chi connectivity index (χ1) is 10.1. The number of hydrogen-bond acceptors (Lipinski definition) is 3. The number of nitrogens with two attached hydrogens (primary N) is 1. The van der Waals surface area contributed by atoms with E-state index in [1.165, 1.54) is 10.7 Å². The lowest BCUT2D eigenvalue weighted by Crippen LogP contribution is -2.21. The molecule has 4 nitrogen and oxygen atoms in total. The van der Waals surface area contributed by atoms with E-state index in [0.29, 0.717) is 22.1 Å². The van der Waals surface area contributed by atoms with Crippen LogP contribution in [0.15, 0.2) is 65.5 Å². The fourth-order valence-electron chi connectivity index (χ4n) is 2.07. The SMILES string of the molecule is Nc1ccccc1-n1nc(-c2cccc(Cl)c2)ccc1=O. The van der Waals surface area contributed by atoms with Crippen LogP contribution in [-0.4, -0.2) is 9.78 Å². The number of hydrogen-bond donors (Lipinski definition) is 1. The van der Waals surface area contributed by atoms with Gasteiger partial charge in [-0.1, -0.05) is 35.9 Å². The quantitative estimate of drug-likeness (QED) is 0.739. The highest BCUT2D eigenvalue weighted by atomic mass is 35.5. The second-order valence-corrected chi connectivity index (χ2v) is 4.97. The van der Waals surface area contributed by atoms with Crippen LogP contribution in [0.1, 0.15) is 0 Å². The van der Waals surface area contributed by atoms with Crippen LogP contribution in [0.3, 0.4) is 0 Å². The summed E-state index contributed by atoms with van der Waals surface area (Å²) in [5.74, 6) is 0. The molecule has 1 aromatic heterocycles. The summed E-state index contributed by atoms with van der Waals surface area (Å²) in [4.78, 5) is 12.0. The van der Waals surface area contributed by atoms with E-state index in [9.17, 15) is 4.79 Å². The maximum absolute atomic E-state index is 12.0. The number of aromatic nitrogens is 2. The number of para-hydroxylation sites is 2. The highest BCUT2D eigenvalue weighted by Crippen LogP contribution is 2.21. The van der Waals surface area contributed by atoms with E-state index in [4.69, 9.17) is 17.3 Å². The third-order valence-electron chi connectivity index (χ3n) is 3.09. The molecule has 104 valence electrons. The molecule has 5 heteroatoms. The van der Waals surface area contributed by atoms with Crippen molar-refractivity contribution in [3.63, 3.8) is 0 Å². The smallest absolute Gasteiger partial charge is 0.271 e. The molecule has 2 N–H and O–H groups in total. The number of nitrogen functional groups attached to an aromatic ring is 1. The first kappa shape index (κ1) is 13.4. The molecule has 0 saturated carbocycles. The Labute approximate surface area is 126 Å². The number of benzene rings is 2. The molecule has 3 aromatic rings. The number of rotatable bonds is 2. The van der Waals surface area contributed by atoms with E-state index in [0.717, 1.165) is 5.56 Å². The standard InChI is InChI=1S/C16H12ClN3O/c17-12-5-3-4-11(10-12)14-8-9-16(21)20(19-14)15-7-2-1-6-13(15)18/h1-10H,18H2. The highest BCUT2D eigenvalue weighted by Gasteiger charge is 2.07. The summed E-state index contributed by atoms with van der Waals surface area (Å²) >= 11 is 5.99. The molecule has 0 aliphatic rings. The molecular formula is C16H12ClN3O. The Morgan fingerprint density at radius 1 is 1.00 bits per heavy atom. The van der Waals surface area contributed by atoms with Gasteiger partial charge < -0.3 is 5.73 Å². The Kier molecular flexibility index (Phi) is 3.46. The highest BCUT2D eigenvalue weighted by molar-refractivity contribution is 6.30. The average Bonchev–Trinajstić information content (AvgIpc) is 2.49. The molecule has 0 aliphatic heterocycles. The lowest BCUT2D eigenvalue weighted by atomic mass is 10.1. The van der Waals surface area contributed by atoms with Crippen molar-refractivity contribution in [3.05, 3.63) is 76.0 Å². The van der Waals surface area contributed by atoms with E-state index < -0.39 is 0 Å². The van der Waals surface area contributed by atoms with Crippen molar-refractivity contribution in [2.24, 2.45) is 0 Å². The molecule has 0 amide bonds. The monoisotopic (exact) mass is 297 g/mol. The summed E-state index contributed by atoms with van der Waals surface area (Å²) in [5, 5.41) is 5.00. The second-order valence-electron chi connectivity index (χ2n) is 4.54. The van der Waals surface area contributed by atoms with Gasteiger partial charge in [-0.25, -0.2) is 0 Å². The van der Waals surface area contributed by atoms with Crippen molar-refractivity contribution in [1.29, 1.82) is 0 Å². The van der Waals surface area contributed by atoms with Crippen LogP contribution >= 0.6 is 11.6 Å². The molecule has 0 saturated heterocycles. The molecule has 0 spiro atoms. The summed E-state index contributed by atoms with van der Waals surface area (Å²) in [6.45, 7) is 0. The van der Waals surface area contributed by atoms with Crippen molar-refractivity contribution < 1.29 is 0 Å². The van der Waals surface area contributed by atoms with E-state index in [-0.39, 0.29) is 5.56 Å². The zero-order valence-electron chi connectivity index (χ0n) is 11.0. The van der Waals surface area contributed by atoms with Gasteiger partial charge in [0.1, 0.15) is 0 Å². The Bertz CT molecular complexity index is 858. The molecule has 21 heavy (non-hydrogen) atoms. The van der Waals surface area contributed by atoms with Crippen molar-refractivity contribution >= 4 is 17.3 Å².